The second kappa shape index (κ2) is 5.60. The minimum atomic E-state index is 1.09. The average Bonchev–Trinajstić information content (AvgIpc) is 3.07. The molecule has 5 heteroatoms. The van der Waals surface area contributed by atoms with E-state index in [1.54, 1.807) is 17.3 Å². The lowest BCUT2D eigenvalue weighted by atomic mass is 10.1. The lowest BCUT2D eigenvalue weighted by molar-refractivity contribution is 0.877. The predicted octanol–water partition coefficient (Wildman–Crippen LogP) is 3.18. The number of hydrogen-bond acceptors (Lipinski definition) is 3. The van der Waals surface area contributed by atoms with Gasteiger partial charge in [-0.1, -0.05) is 17.7 Å². The fourth-order valence-corrected chi connectivity index (χ4v) is 2.73. The van der Waals surface area contributed by atoms with Crippen LogP contribution in [0.2, 0.25) is 0 Å². The van der Waals surface area contributed by atoms with Gasteiger partial charge in [0.25, 0.3) is 0 Å². The summed E-state index contributed by atoms with van der Waals surface area (Å²) in [7, 11) is 0. The van der Waals surface area contributed by atoms with Gasteiger partial charge in [0.15, 0.2) is 0 Å². The van der Waals surface area contributed by atoms with Crippen molar-refractivity contribution in [3.05, 3.63) is 65.0 Å². The monoisotopic (exact) mass is 293 g/mol. The van der Waals surface area contributed by atoms with E-state index in [-0.39, 0.29) is 0 Å². The van der Waals surface area contributed by atoms with E-state index in [0.717, 1.165) is 5.56 Å². The van der Waals surface area contributed by atoms with Gasteiger partial charge in [-0.3, -0.25) is 0 Å². The van der Waals surface area contributed by atoms with Crippen molar-refractivity contribution in [1.82, 2.24) is 19.4 Å². The molecule has 3 aromatic rings. The number of nitrogens with zero attached hydrogens (tertiary/aromatic N) is 5. The van der Waals surface area contributed by atoms with Crippen LogP contribution in [0.1, 0.15) is 28.1 Å². The van der Waals surface area contributed by atoms with Crippen LogP contribution in [0.25, 0.3) is 5.69 Å². The Morgan fingerprint density at radius 3 is 2.41 bits per heavy atom. The number of aryl methyl sites for hydroxylation is 3. The number of rotatable bonds is 3. The third-order valence-corrected chi connectivity index (χ3v) is 3.80. The van der Waals surface area contributed by atoms with Crippen molar-refractivity contribution < 1.29 is 0 Å². The molecule has 0 spiro atoms. The highest BCUT2D eigenvalue weighted by atomic mass is 15.4. The smallest absolute Gasteiger partial charge is 0.141 e. The molecule has 0 bridgehead atoms. The Hall–Kier alpha value is -2.69. The minimum absolute atomic E-state index is 1.09. The van der Waals surface area contributed by atoms with Gasteiger partial charge in [0, 0.05) is 22.6 Å². The molecule has 112 valence electrons. The molecule has 5 nitrogen and oxygen atoms in total. The van der Waals surface area contributed by atoms with Gasteiger partial charge in [-0.15, -0.1) is 10.2 Å². The Bertz CT molecular complexity index is 825. The molecule has 0 N–H and O–H groups in total. The zero-order valence-corrected chi connectivity index (χ0v) is 13.3. The van der Waals surface area contributed by atoms with Crippen LogP contribution in [0, 0.1) is 27.7 Å². The molecule has 0 aliphatic heterocycles. The Kier molecular flexibility index (Phi) is 3.63. The predicted molar refractivity (Wildman–Crippen MR) is 87.7 cm³/mol. The number of hydrogen-bond donors (Lipinski definition) is 0. The fourth-order valence-electron chi connectivity index (χ4n) is 2.73. The molecule has 0 saturated carbocycles. The SMILES string of the molecule is Cc1ccc(-n2c(C)cc(/C=N\n3cnnc3)c2C)c(C)c1. The summed E-state index contributed by atoms with van der Waals surface area (Å²) in [5.74, 6) is 0. The zero-order valence-electron chi connectivity index (χ0n) is 13.3. The van der Waals surface area contributed by atoms with E-state index in [1.807, 2.05) is 6.21 Å². The Morgan fingerprint density at radius 1 is 1.00 bits per heavy atom. The van der Waals surface area contributed by atoms with E-state index >= 15 is 0 Å². The fraction of sp³-hybridized carbons (Fsp3) is 0.235. The maximum absolute atomic E-state index is 4.34. The molecular formula is C17H19N5. The highest BCUT2D eigenvalue weighted by Gasteiger charge is 2.11. The van der Waals surface area contributed by atoms with Crippen LogP contribution in [0.4, 0.5) is 0 Å². The van der Waals surface area contributed by atoms with Gasteiger partial charge in [0.05, 0.1) is 6.21 Å². The van der Waals surface area contributed by atoms with Crippen molar-refractivity contribution >= 4 is 6.21 Å². The summed E-state index contributed by atoms with van der Waals surface area (Å²) in [6.07, 6.45) is 4.98. The Labute approximate surface area is 129 Å². The van der Waals surface area contributed by atoms with Gasteiger partial charge in [-0.25, -0.2) is 4.68 Å². The molecule has 22 heavy (non-hydrogen) atoms. The molecule has 1 aromatic carbocycles. The van der Waals surface area contributed by atoms with Crippen LogP contribution >= 0.6 is 0 Å². The standard InChI is InChI=1S/C17H19N5/c1-12-5-6-17(13(2)7-12)22-14(3)8-16(15(22)4)9-20-21-10-18-19-11-21/h5-11H,1-4H3/b20-9-. The largest absolute Gasteiger partial charge is 0.318 e. The van der Waals surface area contributed by atoms with Crippen molar-refractivity contribution in [3.63, 3.8) is 0 Å². The summed E-state index contributed by atoms with van der Waals surface area (Å²) in [5.41, 5.74) is 7.20. The van der Waals surface area contributed by atoms with Gasteiger partial charge in [-0.05, 0) is 45.4 Å². The molecule has 0 amide bonds. The van der Waals surface area contributed by atoms with Crippen LogP contribution in [0.3, 0.4) is 0 Å². The summed E-state index contributed by atoms with van der Waals surface area (Å²) >= 11 is 0. The quantitative estimate of drug-likeness (QED) is 0.696. The Morgan fingerprint density at radius 2 is 1.73 bits per heavy atom. The summed E-state index contributed by atoms with van der Waals surface area (Å²) < 4.78 is 3.85. The average molecular weight is 293 g/mol. The third kappa shape index (κ3) is 2.57. The van der Waals surface area contributed by atoms with E-state index in [0.29, 0.717) is 0 Å². The van der Waals surface area contributed by atoms with Crippen LogP contribution in [-0.2, 0) is 0 Å². The second-order valence-corrected chi connectivity index (χ2v) is 5.54. The third-order valence-electron chi connectivity index (χ3n) is 3.80. The summed E-state index contributed by atoms with van der Waals surface area (Å²) in [5, 5.41) is 11.8. The van der Waals surface area contributed by atoms with Gasteiger partial charge >= 0.3 is 0 Å². The van der Waals surface area contributed by atoms with Gasteiger partial charge in [0.1, 0.15) is 12.7 Å². The topological polar surface area (TPSA) is 48.0 Å². The van der Waals surface area contributed by atoms with Crippen molar-refractivity contribution in [1.29, 1.82) is 0 Å². The van der Waals surface area contributed by atoms with Crippen LogP contribution in [-0.4, -0.2) is 25.7 Å². The molecule has 3 rings (SSSR count). The summed E-state index contributed by atoms with van der Waals surface area (Å²) in [6, 6.07) is 8.67. The molecule has 0 fully saturated rings. The van der Waals surface area contributed by atoms with E-state index < -0.39 is 0 Å². The number of aromatic nitrogens is 4. The van der Waals surface area contributed by atoms with Crippen LogP contribution in [0.15, 0.2) is 42.0 Å². The Balaban J connectivity index is 2.03. The van der Waals surface area contributed by atoms with Crippen molar-refractivity contribution in [2.75, 3.05) is 0 Å². The first kappa shape index (κ1) is 14.3. The van der Waals surface area contributed by atoms with Crippen molar-refractivity contribution in [2.24, 2.45) is 5.10 Å². The molecule has 0 saturated heterocycles. The van der Waals surface area contributed by atoms with Crippen LogP contribution in [0.5, 0.6) is 0 Å². The first-order valence-corrected chi connectivity index (χ1v) is 7.22. The number of benzene rings is 1. The van der Waals surface area contributed by atoms with E-state index in [9.17, 15) is 0 Å². The summed E-state index contributed by atoms with van der Waals surface area (Å²) in [4.78, 5) is 0. The first-order chi connectivity index (χ1) is 10.6. The van der Waals surface area contributed by atoms with Gasteiger partial charge < -0.3 is 4.57 Å². The zero-order chi connectivity index (χ0) is 15.7. The second-order valence-electron chi connectivity index (χ2n) is 5.54. The van der Waals surface area contributed by atoms with E-state index in [2.05, 4.69) is 71.8 Å². The summed E-state index contributed by atoms with van der Waals surface area (Å²) in [6.45, 7) is 8.48. The minimum Gasteiger partial charge on any atom is -0.318 e. The molecule has 2 aromatic heterocycles. The van der Waals surface area contributed by atoms with Gasteiger partial charge in [0.2, 0.25) is 0 Å². The van der Waals surface area contributed by atoms with E-state index in [1.165, 1.54) is 28.2 Å². The maximum Gasteiger partial charge on any atom is 0.141 e. The van der Waals surface area contributed by atoms with E-state index in [4.69, 9.17) is 0 Å². The molecule has 0 unspecified atom stereocenters. The van der Waals surface area contributed by atoms with Crippen LogP contribution < -0.4 is 0 Å². The highest BCUT2D eigenvalue weighted by molar-refractivity contribution is 5.82. The molecule has 0 atom stereocenters. The first-order valence-electron chi connectivity index (χ1n) is 7.22. The maximum atomic E-state index is 4.34. The molecule has 0 radical (unpaired) electrons. The van der Waals surface area contributed by atoms with Crippen molar-refractivity contribution in [2.45, 2.75) is 27.7 Å². The van der Waals surface area contributed by atoms with Crippen molar-refractivity contribution in [3.8, 4) is 5.69 Å². The molecule has 0 aliphatic carbocycles. The normalized spacial score (nSPS) is 11.5. The highest BCUT2D eigenvalue weighted by Crippen LogP contribution is 2.23. The van der Waals surface area contributed by atoms with Gasteiger partial charge in [-0.2, -0.15) is 5.10 Å². The molecule has 2 heterocycles. The lowest BCUT2D eigenvalue weighted by Gasteiger charge is -2.13. The molecular weight excluding hydrogens is 274 g/mol. The lowest BCUT2D eigenvalue weighted by Crippen LogP contribution is -2.02. The molecule has 0 aliphatic rings.